The molecule has 0 atom stereocenters. The molecule has 0 amide bonds. The standard InChI is InChI=1S/C27H28N4OS/c1-21-9-8-10-22(19-21)20-32-27-26(28-33-29-27)31-17-15-30(16-18-31)25(23-11-4-2-5-12-23)24-13-6-3-7-14-24/h2-14,19,25H,15-18,20H2,1H3. The average Bonchev–Trinajstić information content (AvgIpc) is 3.34. The van der Waals surface area contributed by atoms with Gasteiger partial charge in [-0.1, -0.05) is 90.5 Å². The average molecular weight is 457 g/mol. The first-order valence-electron chi connectivity index (χ1n) is 11.4. The maximum absolute atomic E-state index is 6.07. The topological polar surface area (TPSA) is 41.5 Å². The number of nitrogens with zero attached hydrogens (tertiary/aromatic N) is 4. The number of aromatic nitrogens is 2. The van der Waals surface area contributed by atoms with Crippen molar-refractivity contribution in [1.29, 1.82) is 0 Å². The van der Waals surface area contributed by atoms with E-state index in [1.165, 1.54) is 28.4 Å². The van der Waals surface area contributed by atoms with Gasteiger partial charge in [0.15, 0.2) is 0 Å². The van der Waals surface area contributed by atoms with Crippen molar-refractivity contribution in [2.75, 3.05) is 31.1 Å². The van der Waals surface area contributed by atoms with Crippen molar-refractivity contribution in [2.45, 2.75) is 19.6 Å². The number of rotatable bonds is 7. The maximum Gasteiger partial charge on any atom is 0.271 e. The van der Waals surface area contributed by atoms with Gasteiger partial charge < -0.3 is 9.64 Å². The zero-order valence-electron chi connectivity index (χ0n) is 18.8. The summed E-state index contributed by atoms with van der Waals surface area (Å²) < 4.78 is 15.1. The van der Waals surface area contributed by atoms with Gasteiger partial charge in [0.05, 0.1) is 17.8 Å². The van der Waals surface area contributed by atoms with Crippen LogP contribution in [0.4, 0.5) is 5.82 Å². The largest absolute Gasteiger partial charge is 0.470 e. The summed E-state index contributed by atoms with van der Waals surface area (Å²) in [6, 6.07) is 30.2. The Morgan fingerprint density at radius 2 is 1.48 bits per heavy atom. The quantitative estimate of drug-likeness (QED) is 0.376. The van der Waals surface area contributed by atoms with Crippen molar-refractivity contribution in [1.82, 2.24) is 13.6 Å². The molecule has 0 aliphatic carbocycles. The summed E-state index contributed by atoms with van der Waals surface area (Å²) in [5, 5.41) is 0. The third kappa shape index (κ3) is 5.07. The first-order valence-corrected chi connectivity index (χ1v) is 12.1. The maximum atomic E-state index is 6.07. The Bertz CT molecular complexity index is 1120. The van der Waals surface area contributed by atoms with Crippen molar-refractivity contribution < 1.29 is 4.74 Å². The van der Waals surface area contributed by atoms with Crippen molar-refractivity contribution >= 4 is 17.5 Å². The number of anilines is 1. The molecule has 1 aliphatic rings. The van der Waals surface area contributed by atoms with Gasteiger partial charge in [-0.15, -0.1) is 4.37 Å². The van der Waals surface area contributed by atoms with Gasteiger partial charge in [-0.05, 0) is 23.6 Å². The molecule has 3 aromatic carbocycles. The van der Waals surface area contributed by atoms with Gasteiger partial charge in [0.25, 0.3) is 5.88 Å². The van der Waals surface area contributed by atoms with E-state index >= 15 is 0 Å². The predicted octanol–water partition coefficient (Wildman–Crippen LogP) is 5.34. The number of aryl methyl sites for hydroxylation is 1. The van der Waals surface area contributed by atoms with Crippen LogP contribution in [0, 0.1) is 6.92 Å². The Labute approximate surface area is 199 Å². The summed E-state index contributed by atoms with van der Waals surface area (Å²) in [4.78, 5) is 4.87. The smallest absolute Gasteiger partial charge is 0.271 e. The van der Waals surface area contributed by atoms with E-state index in [1.807, 2.05) is 0 Å². The van der Waals surface area contributed by atoms with Crippen LogP contribution in [0.1, 0.15) is 28.3 Å². The summed E-state index contributed by atoms with van der Waals surface area (Å²) in [7, 11) is 0. The van der Waals surface area contributed by atoms with E-state index in [4.69, 9.17) is 4.74 Å². The molecule has 33 heavy (non-hydrogen) atoms. The highest BCUT2D eigenvalue weighted by Gasteiger charge is 2.28. The number of piperazine rings is 1. The van der Waals surface area contributed by atoms with Crippen LogP contribution in [0.25, 0.3) is 0 Å². The van der Waals surface area contributed by atoms with E-state index in [0.29, 0.717) is 12.5 Å². The molecule has 1 fully saturated rings. The molecule has 0 radical (unpaired) electrons. The fourth-order valence-electron chi connectivity index (χ4n) is 4.49. The molecular weight excluding hydrogens is 428 g/mol. The monoisotopic (exact) mass is 456 g/mol. The van der Waals surface area contributed by atoms with Crippen molar-refractivity contribution in [3.63, 3.8) is 0 Å². The van der Waals surface area contributed by atoms with Gasteiger partial charge in [-0.2, -0.15) is 4.37 Å². The Balaban J connectivity index is 1.28. The first-order chi connectivity index (χ1) is 16.3. The number of hydrogen-bond donors (Lipinski definition) is 0. The van der Waals surface area contributed by atoms with Gasteiger partial charge in [0.1, 0.15) is 6.61 Å². The van der Waals surface area contributed by atoms with Crippen LogP contribution >= 0.6 is 11.7 Å². The molecule has 168 valence electrons. The summed E-state index contributed by atoms with van der Waals surface area (Å²) in [5.74, 6) is 1.50. The number of ether oxygens (including phenoxy) is 1. The lowest BCUT2D eigenvalue weighted by molar-refractivity contribution is 0.211. The third-order valence-corrected chi connectivity index (χ3v) is 6.61. The molecule has 4 aromatic rings. The normalized spacial score (nSPS) is 14.5. The van der Waals surface area contributed by atoms with Gasteiger partial charge in [-0.3, -0.25) is 4.90 Å². The summed E-state index contributed by atoms with van der Waals surface area (Å²) in [5.41, 5.74) is 5.03. The molecule has 0 spiro atoms. The fraction of sp³-hybridized carbons (Fsp3) is 0.259. The molecular formula is C27H28N4OS. The Morgan fingerprint density at radius 3 is 2.12 bits per heavy atom. The van der Waals surface area contributed by atoms with Gasteiger partial charge in [0.2, 0.25) is 5.82 Å². The zero-order chi connectivity index (χ0) is 22.5. The second-order valence-electron chi connectivity index (χ2n) is 8.42. The van der Waals surface area contributed by atoms with E-state index < -0.39 is 0 Å². The Kier molecular flexibility index (Phi) is 6.65. The molecule has 6 heteroatoms. The highest BCUT2D eigenvalue weighted by molar-refractivity contribution is 6.99. The Morgan fingerprint density at radius 1 is 0.818 bits per heavy atom. The van der Waals surface area contributed by atoms with Crippen LogP contribution in [0.15, 0.2) is 84.9 Å². The minimum Gasteiger partial charge on any atom is -0.470 e. The van der Waals surface area contributed by atoms with Crippen LogP contribution in [0.2, 0.25) is 0 Å². The SMILES string of the molecule is Cc1cccc(COc2nsnc2N2CCN(C(c3ccccc3)c3ccccc3)CC2)c1. The molecule has 0 N–H and O–H groups in total. The molecule has 2 heterocycles. The number of hydrogen-bond acceptors (Lipinski definition) is 6. The van der Waals surface area contributed by atoms with Gasteiger partial charge >= 0.3 is 0 Å². The molecule has 0 bridgehead atoms. The van der Waals surface area contributed by atoms with Crippen LogP contribution < -0.4 is 9.64 Å². The lowest BCUT2D eigenvalue weighted by Crippen LogP contribution is -2.48. The van der Waals surface area contributed by atoms with E-state index in [9.17, 15) is 0 Å². The van der Waals surface area contributed by atoms with Crippen LogP contribution in [-0.4, -0.2) is 39.8 Å². The number of benzene rings is 3. The van der Waals surface area contributed by atoms with E-state index in [2.05, 4.69) is 110 Å². The molecule has 5 nitrogen and oxygen atoms in total. The molecule has 5 rings (SSSR count). The second-order valence-corrected chi connectivity index (χ2v) is 8.95. The van der Waals surface area contributed by atoms with Crippen LogP contribution in [0.3, 0.4) is 0 Å². The van der Waals surface area contributed by atoms with Crippen molar-refractivity contribution in [2.24, 2.45) is 0 Å². The van der Waals surface area contributed by atoms with Crippen LogP contribution in [0.5, 0.6) is 5.88 Å². The van der Waals surface area contributed by atoms with Gasteiger partial charge in [-0.25, -0.2) is 0 Å². The summed E-state index contributed by atoms with van der Waals surface area (Å²) >= 11 is 1.22. The third-order valence-electron chi connectivity index (χ3n) is 6.11. The van der Waals surface area contributed by atoms with Crippen LogP contribution in [-0.2, 0) is 6.61 Å². The first kappa shape index (κ1) is 21.6. The molecule has 1 aliphatic heterocycles. The van der Waals surface area contributed by atoms with Gasteiger partial charge in [0, 0.05) is 26.2 Å². The second kappa shape index (κ2) is 10.1. The minimum atomic E-state index is 0.250. The summed E-state index contributed by atoms with van der Waals surface area (Å²) in [6.45, 7) is 6.28. The molecule has 1 aromatic heterocycles. The molecule has 1 saturated heterocycles. The lowest BCUT2D eigenvalue weighted by atomic mass is 9.96. The highest BCUT2D eigenvalue weighted by atomic mass is 32.1. The lowest BCUT2D eigenvalue weighted by Gasteiger charge is -2.39. The Hall–Kier alpha value is -3.22. The molecule has 0 saturated carbocycles. The van der Waals surface area contributed by atoms with E-state index in [-0.39, 0.29) is 6.04 Å². The minimum absolute atomic E-state index is 0.250. The molecule has 0 unspecified atom stereocenters. The van der Waals surface area contributed by atoms with E-state index in [1.54, 1.807) is 0 Å². The van der Waals surface area contributed by atoms with E-state index in [0.717, 1.165) is 37.6 Å². The predicted molar refractivity (Wildman–Crippen MR) is 134 cm³/mol. The highest BCUT2D eigenvalue weighted by Crippen LogP contribution is 2.32. The van der Waals surface area contributed by atoms with Crippen molar-refractivity contribution in [3.05, 3.63) is 107 Å². The zero-order valence-corrected chi connectivity index (χ0v) is 19.6. The van der Waals surface area contributed by atoms with Crippen molar-refractivity contribution in [3.8, 4) is 5.88 Å². The fourth-order valence-corrected chi connectivity index (χ4v) is 5.01. The summed E-state index contributed by atoms with van der Waals surface area (Å²) in [6.07, 6.45) is 0.